The molecule has 1 aromatic heterocycles. The number of likely N-dealkylation sites (tertiary alicyclic amines) is 1. The third kappa shape index (κ3) is 5.27. The van der Waals surface area contributed by atoms with E-state index in [2.05, 4.69) is 15.5 Å². The molecule has 0 unspecified atom stereocenters. The lowest BCUT2D eigenvalue weighted by molar-refractivity contribution is -0.117. The van der Waals surface area contributed by atoms with E-state index in [0.29, 0.717) is 12.1 Å². The first-order valence-corrected chi connectivity index (χ1v) is 9.06. The number of hydrogen-bond acceptors (Lipinski definition) is 4. The first-order chi connectivity index (χ1) is 13.0. The number of nitrogens with zero attached hydrogens (tertiary/aromatic N) is 2. The van der Waals surface area contributed by atoms with E-state index in [-0.39, 0.29) is 23.4 Å². The molecule has 1 saturated heterocycles. The summed E-state index contributed by atoms with van der Waals surface area (Å²) in [5.74, 6) is -0.267. The summed E-state index contributed by atoms with van der Waals surface area (Å²) < 4.78 is 1.43. The molecule has 1 fully saturated rings. The average Bonchev–Trinajstić information content (AvgIpc) is 2.66. The lowest BCUT2D eigenvalue weighted by Gasteiger charge is -2.31. The molecule has 7 nitrogen and oxygen atoms in total. The molecule has 2 aromatic rings. The Kier molecular flexibility index (Phi) is 6.03. The molecule has 2 heterocycles. The molecule has 27 heavy (non-hydrogen) atoms. The van der Waals surface area contributed by atoms with Crippen molar-refractivity contribution in [1.82, 2.24) is 14.8 Å². The molecule has 2 amide bonds. The molecule has 2 N–H and O–H groups in total. The van der Waals surface area contributed by atoms with Crippen molar-refractivity contribution >= 4 is 17.5 Å². The number of para-hydroxylation sites is 1. The molecule has 7 heteroatoms. The number of pyridine rings is 1. The molecular weight excluding hydrogens is 344 g/mol. The number of carbonyl (C=O) groups excluding carboxylic acids is 2. The van der Waals surface area contributed by atoms with Crippen LogP contribution in [0.2, 0.25) is 0 Å². The molecule has 142 valence electrons. The van der Waals surface area contributed by atoms with Crippen LogP contribution in [0.25, 0.3) is 0 Å². The fourth-order valence-electron chi connectivity index (χ4n) is 3.12. The summed E-state index contributed by atoms with van der Waals surface area (Å²) in [4.78, 5) is 38.2. The van der Waals surface area contributed by atoms with E-state index < -0.39 is 0 Å². The second kappa shape index (κ2) is 8.64. The normalized spacial score (nSPS) is 15.3. The van der Waals surface area contributed by atoms with Gasteiger partial charge >= 0.3 is 0 Å². The SMILES string of the molecule is Cn1ccc(C(=O)NC2CCN(CC(=O)Nc3ccccc3)CC2)cc1=O. The van der Waals surface area contributed by atoms with Gasteiger partial charge in [-0.15, -0.1) is 0 Å². The van der Waals surface area contributed by atoms with Crippen LogP contribution in [0.1, 0.15) is 23.2 Å². The molecule has 0 radical (unpaired) electrons. The van der Waals surface area contributed by atoms with Gasteiger partial charge in [0.25, 0.3) is 11.5 Å². The maximum Gasteiger partial charge on any atom is 0.251 e. The van der Waals surface area contributed by atoms with E-state index in [1.54, 1.807) is 19.3 Å². The van der Waals surface area contributed by atoms with Crippen LogP contribution < -0.4 is 16.2 Å². The van der Waals surface area contributed by atoms with Crippen molar-refractivity contribution in [2.45, 2.75) is 18.9 Å². The second-order valence-corrected chi connectivity index (χ2v) is 6.80. The van der Waals surface area contributed by atoms with E-state index in [4.69, 9.17) is 0 Å². The number of carbonyl (C=O) groups is 2. The molecule has 1 aliphatic heterocycles. The maximum atomic E-state index is 12.3. The highest BCUT2D eigenvalue weighted by molar-refractivity contribution is 5.94. The summed E-state index contributed by atoms with van der Waals surface area (Å²) in [5.41, 5.74) is 0.961. The number of anilines is 1. The minimum Gasteiger partial charge on any atom is -0.349 e. The van der Waals surface area contributed by atoms with Crippen molar-refractivity contribution in [2.24, 2.45) is 7.05 Å². The summed E-state index contributed by atoms with van der Waals surface area (Å²) in [6.07, 6.45) is 3.13. The number of piperidine rings is 1. The summed E-state index contributed by atoms with van der Waals surface area (Å²) >= 11 is 0. The third-order valence-corrected chi connectivity index (χ3v) is 4.71. The quantitative estimate of drug-likeness (QED) is 0.831. The minimum absolute atomic E-state index is 0.0381. The van der Waals surface area contributed by atoms with E-state index in [1.165, 1.54) is 10.6 Å². The van der Waals surface area contributed by atoms with Gasteiger partial charge in [-0.25, -0.2) is 0 Å². The van der Waals surface area contributed by atoms with Gasteiger partial charge in [0.1, 0.15) is 0 Å². The first kappa shape index (κ1) is 18.8. The zero-order valence-electron chi connectivity index (χ0n) is 15.4. The molecule has 3 rings (SSSR count). The fourth-order valence-corrected chi connectivity index (χ4v) is 3.12. The van der Waals surface area contributed by atoms with E-state index >= 15 is 0 Å². The monoisotopic (exact) mass is 368 g/mol. The molecule has 0 bridgehead atoms. The van der Waals surface area contributed by atoms with Gasteiger partial charge in [0.2, 0.25) is 5.91 Å². The van der Waals surface area contributed by atoms with Crippen molar-refractivity contribution in [2.75, 3.05) is 25.0 Å². The highest BCUT2D eigenvalue weighted by atomic mass is 16.2. The highest BCUT2D eigenvalue weighted by Gasteiger charge is 2.22. The Morgan fingerprint density at radius 1 is 1.11 bits per heavy atom. The molecule has 0 saturated carbocycles. The van der Waals surface area contributed by atoms with Crippen LogP contribution in [0, 0.1) is 0 Å². The third-order valence-electron chi connectivity index (χ3n) is 4.71. The number of amides is 2. The van der Waals surface area contributed by atoms with E-state index in [9.17, 15) is 14.4 Å². The topological polar surface area (TPSA) is 83.4 Å². The van der Waals surface area contributed by atoms with E-state index in [0.717, 1.165) is 31.6 Å². The average molecular weight is 368 g/mol. The number of aryl methyl sites for hydroxylation is 1. The van der Waals surface area contributed by atoms with Gasteiger partial charge in [-0.3, -0.25) is 19.3 Å². The number of aromatic nitrogens is 1. The summed E-state index contributed by atoms with van der Waals surface area (Å²) in [7, 11) is 1.65. The predicted molar refractivity (Wildman–Crippen MR) is 104 cm³/mol. The number of hydrogen-bond donors (Lipinski definition) is 2. The first-order valence-electron chi connectivity index (χ1n) is 9.06. The maximum absolute atomic E-state index is 12.3. The highest BCUT2D eigenvalue weighted by Crippen LogP contribution is 2.12. The van der Waals surface area contributed by atoms with E-state index in [1.807, 2.05) is 30.3 Å². The largest absolute Gasteiger partial charge is 0.349 e. The summed E-state index contributed by atoms with van der Waals surface area (Å²) in [5, 5.41) is 5.86. The Morgan fingerprint density at radius 3 is 2.48 bits per heavy atom. The Morgan fingerprint density at radius 2 is 1.81 bits per heavy atom. The molecule has 0 atom stereocenters. The Bertz CT molecular complexity index is 855. The van der Waals surface area contributed by atoms with Crippen molar-refractivity contribution in [3.8, 4) is 0 Å². The van der Waals surface area contributed by atoms with Gasteiger partial charge in [0.05, 0.1) is 6.54 Å². The minimum atomic E-state index is -0.229. The summed E-state index contributed by atoms with van der Waals surface area (Å²) in [6, 6.07) is 12.4. The predicted octanol–water partition coefficient (Wildman–Crippen LogP) is 1.22. The number of nitrogens with one attached hydrogen (secondary N) is 2. The lowest BCUT2D eigenvalue weighted by Crippen LogP contribution is -2.46. The number of benzene rings is 1. The standard InChI is InChI=1S/C20H24N4O3/c1-23-10-7-15(13-19(23)26)20(27)22-17-8-11-24(12-9-17)14-18(25)21-16-5-3-2-4-6-16/h2-7,10,13,17H,8-9,11-12,14H2,1H3,(H,21,25)(H,22,27). The van der Waals surface area contributed by atoms with Gasteiger partial charge < -0.3 is 15.2 Å². The van der Waals surface area contributed by atoms with Gasteiger partial charge in [-0.2, -0.15) is 0 Å². The van der Waals surface area contributed by atoms with Crippen LogP contribution in [0.4, 0.5) is 5.69 Å². The van der Waals surface area contributed by atoms with Crippen molar-refractivity contribution in [1.29, 1.82) is 0 Å². The van der Waals surface area contributed by atoms with Crippen molar-refractivity contribution in [3.05, 3.63) is 64.6 Å². The Hall–Kier alpha value is -2.93. The lowest BCUT2D eigenvalue weighted by atomic mass is 10.0. The van der Waals surface area contributed by atoms with Gasteiger partial charge in [0.15, 0.2) is 0 Å². The number of rotatable bonds is 5. The summed E-state index contributed by atoms with van der Waals surface area (Å²) in [6.45, 7) is 1.82. The zero-order chi connectivity index (χ0) is 19.2. The molecule has 1 aromatic carbocycles. The van der Waals surface area contributed by atoms with Crippen LogP contribution in [0.5, 0.6) is 0 Å². The van der Waals surface area contributed by atoms with Crippen LogP contribution >= 0.6 is 0 Å². The van der Waals surface area contributed by atoms with Crippen molar-refractivity contribution < 1.29 is 9.59 Å². The van der Waals surface area contributed by atoms with Crippen LogP contribution in [-0.4, -0.2) is 47.0 Å². The van der Waals surface area contributed by atoms with Gasteiger partial charge in [-0.1, -0.05) is 18.2 Å². The van der Waals surface area contributed by atoms with Crippen LogP contribution in [0.15, 0.2) is 53.5 Å². The molecular formula is C20H24N4O3. The Labute approximate surface area is 158 Å². The Balaban J connectivity index is 1.44. The second-order valence-electron chi connectivity index (χ2n) is 6.80. The van der Waals surface area contributed by atoms with Crippen LogP contribution in [0.3, 0.4) is 0 Å². The smallest absolute Gasteiger partial charge is 0.251 e. The molecule has 0 aliphatic carbocycles. The fraction of sp³-hybridized carbons (Fsp3) is 0.350. The van der Waals surface area contributed by atoms with Crippen molar-refractivity contribution in [3.63, 3.8) is 0 Å². The van der Waals surface area contributed by atoms with Gasteiger partial charge in [0, 0.05) is 49.7 Å². The van der Waals surface area contributed by atoms with Gasteiger partial charge in [-0.05, 0) is 31.0 Å². The van der Waals surface area contributed by atoms with Crippen LogP contribution in [-0.2, 0) is 11.8 Å². The molecule has 0 spiro atoms. The zero-order valence-corrected chi connectivity index (χ0v) is 15.4. The molecule has 1 aliphatic rings.